The zero-order valence-corrected chi connectivity index (χ0v) is 23.1. The second-order valence-corrected chi connectivity index (χ2v) is 10.9. The van der Waals surface area contributed by atoms with E-state index in [0.717, 1.165) is 68.4 Å². The SMILES string of the molecule is Cc1nnc(C(C)C)n1N1C[C@H]2CC[C@H](C1)N2CCCN(C(=O)Nc1ccc(C(F)(F)F)cc1)c1ccccc1. The van der Waals surface area contributed by atoms with Gasteiger partial charge in [-0.1, -0.05) is 32.0 Å². The van der Waals surface area contributed by atoms with E-state index in [-0.39, 0.29) is 11.9 Å². The number of nitrogens with one attached hydrogen (secondary N) is 1. The van der Waals surface area contributed by atoms with Crippen molar-refractivity contribution >= 4 is 17.4 Å². The minimum absolute atomic E-state index is 0.287. The quantitative estimate of drug-likeness (QED) is 0.390. The molecule has 2 amide bonds. The van der Waals surface area contributed by atoms with Crippen molar-refractivity contribution in [2.75, 3.05) is 41.4 Å². The lowest BCUT2D eigenvalue weighted by atomic mass is 10.2. The molecule has 2 bridgehead atoms. The highest BCUT2D eigenvalue weighted by atomic mass is 19.4. The number of hydrogen-bond donors (Lipinski definition) is 1. The number of fused-ring (bicyclic) bond motifs is 2. The maximum Gasteiger partial charge on any atom is 0.416 e. The molecule has 0 aliphatic carbocycles. The van der Waals surface area contributed by atoms with Crippen LogP contribution in [-0.4, -0.2) is 64.1 Å². The van der Waals surface area contributed by atoms with Gasteiger partial charge in [0.05, 0.1) is 18.7 Å². The van der Waals surface area contributed by atoms with Gasteiger partial charge in [0.2, 0.25) is 0 Å². The lowest BCUT2D eigenvalue weighted by molar-refractivity contribution is -0.137. The summed E-state index contributed by atoms with van der Waals surface area (Å²) in [6.45, 7) is 9.43. The fourth-order valence-corrected chi connectivity index (χ4v) is 5.88. The molecular formula is C29H36F3N7O. The number of rotatable bonds is 8. The number of hydrogen-bond acceptors (Lipinski definition) is 5. The van der Waals surface area contributed by atoms with Crippen LogP contribution in [0.25, 0.3) is 0 Å². The van der Waals surface area contributed by atoms with Crippen molar-refractivity contribution in [3.8, 4) is 0 Å². The van der Waals surface area contributed by atoms with Crippen LogP contribution in [-0.2, 0) is 6.18 Å². The number of aromatic nitrogens is 3. The number of carbonyl (C=O) groups excluding carboxylic acids is 1. The molecule has 0 saturated carbocycles. The Morgan fingerprint density at radius 2 is 1.68 bits per heavy atom. The highest BCUT2D eigenvalue weighted by Crippen LogP contribution is 2.32. The first-order valence-electron chi connectivity index (χ1n) is 13.9. The summed E-state index contributed by atoms with van der Waals surface area (Å²) in [5.41, 5.74) is 0.308. The first-order valence-corrected chi connectivity index (χ1v) is 13.9. The van der Waals surface area contributed by atoms with Gasteiger partial charge in [-0.05, 0) is 62.6 Å². The van der Waals surface area contributed by atoms with Crippen LogP contribution < -0.4 is 15.2 Å². The van der Waals surface area contributed by atoms with Crippen LogP contribution in [0, 0.1) is 6.92 Å². The minimum Gasteiger partial charge on any atom is -0.308 e. The van der Waals surface area contributed by atoms with E-state index in [4.69, 9.17) is 0 Å². The highest BCUT2D eigenvalue weighted by Gasteiger charge is 2.40. The molecule has 5 rings (SSSR count). The first kappa shape index (κ1) is 27.9. The Bertz CT molecular complexity index is 1280. The van der Waals surface area contributed by atoms with Crippen molar-refractivity contribution in [3.63, 3.8) is 0 Å². The summed E-state index contributed by atoms with van der Waals surface area (Å²) in [6, 6.07) is 14.3. The summed E-state index contributed by atoms with van der Waals surface area (Å²) in [5.74, 6) is 2.19. The van der Waals surface area contributed by atoms with Crippen LogP contribution in [0.2, 0.25) is 0 Å². The summed E-state index contributed by atoms with van der Waals surface area (Å²) in [5, 5.41) is 13.9. The Hall–Kier alpha value is -3.60. The fourth-order valence-electron chi connectivity index (χ4n) is 5.88. The molecule has 3 aromatic rings. The van der Waals surface area contributed by atoms with Crippen LogP contribution in [0.15, 0.2) is 54.6 Å². The number of halogens is 3. The van der Waals surface area contributed by atoms with E-state index >= 15 is 0 Å². The van der Waals surface area contributed by atoms with E-state index in [2.05, 4.69) is 43.9 Å². The number of nitrogens with zero attached hydrogens (tertiary/aromatic N) is 6. The van der Waals surface area contributed by atoms with Crippen LogP contribution in [0.4, 0.5) is 29.3 Å². The van der Waals surface area contributed by atoms with Gasteiger partial charge < -0.3 is 10.3 Å². The molecule has 3 heterocycles. The summed E-state index contributed by atoms with van der Waals surface area (Å²) < 4.78 is 41.0. The average molecular weight is 556 g/mol. The Morgan fingerprint density at radius 1 is 1.02 bits per heavy atom. The van der Waals surface area contributed by atoms with Crippen molar-refractivity contribution in [1.29, 1.82) is 0 Å². The smallest absolute Gasteiger partial charge is 0.308 e. The standard InChI is InChI=1S/C29H36F3N7O/c1-20(2)27-35-34-21(3)39(27)36-18-25-14-15-26(19-36)37(25)16-7-17-38(24-8-5-4-6-9-24)28(40)33-23-12-10-22(11-13-23)29(30,31)32/h4-6,8-13,20,25-26H,7,14-19H2,1-3H3,(H,33,40)/t25-,26-/m1/s1. The predicted octanol–water partition coefficient (Wildman–Crippen LogP) is 5.64. The van der Waals surface area contributed by atoms with Crippen LogP contribution in [0.1, 0.15) is 56.2 Å². The molecule has 8 nitrogen and oxygen atoms in total. The summed E-state index contributed by atoms with van der Waals surface area (Å²) >= 11 is 0. The van der Waals surface area contributed by atoms with Gasteiger partial charge in [-0.25, -0.2) is 9.47 Å². The minimum atomic E-state index is -4.42. The van der Waals surface area contributed by atoms with Gasteiger partial charge in [0.25, 0.3) is 0 Å². The molecule has 2 aromatic carbocycles. The van der Waals surface area contributed by atoms with Crippen molar-refractivity contribution in [1.82, 2.24) is 19.8 Å². The van der Waals surface area contributed by atoms with Crippen molar-refractivity contribution in [2.45, 2.75) is 64.2 Å². The molecule has 1 N–H and O–H groups in total. The number of piperazine rings is 1. The second-order valence-electron chi connectivity index (χ2n) is 10.9. The molecule has 40 heavy (non-hydrogen) atoms. The number of carbonyl (C=O) groups is 1. The van der Waals surface area contributed by atoms with Crippen molar-refractivity contribution < 1.29 is 18.0 Å². The monoisotopic (exact) mass is 555 g/mol. The lowest BCUT2D eigenvalue weighted by Crippen LogP contribution is -2.58. The van der Waals surface area contributed by atoms with Gasteiger partial charge in [0, 0.05) is 42.5 Å². The summed E-state index contributed by atoms with van der Waals surface area (Å²) in [6.07, 6.45) is -1.38. The Labute approximate surface area is 232 Å². The van der Waals surface area contributed by atoms with Crippen LogP contribution in [0.3, 0.4) is 0 Å². The third-order valence-corrected chi connectivity index (χ3v) is 7.81. The molecule has 0 radical (unpaired) electrons. The van der Waals surface area contributed by atoms with E-state index in [0.29, 0.717) is 24.3 Å². The number of amides is 2. The van der Waals surface area contributed by atoms with E-state index in [1.54, 1.807) is 4.90 Å². The summed E-state index contributed by atoms with van der Waals surface area (Å²) in [7, 11) is 0. The van der Waals surface area contributed by atoms with Gasteiger partial charge in [0.15, 0.2) is 5.82 Å². The fraction of sp³-hybridized carbons (Fsp3) is 0.483. The lowest BCUT2D eigenvalue weighted by Gasteiger charge is -2.43. The number of urea groups is 1. The van der Waals surface area contributed by atoms with E-state index in [1.807, 2.05) is 37.3 Å². The van der Waals surface area contributed by atoms with Gasteiger partial charge >= 0.3 is 12.2 Å². The normalized spacial score (nSPS) is 19.3. The molecular weight excluding hydrogens is 519 g/mol. The molecule has 2 aliphatic rings. The number of benzene rings is 2. The average Bonchev–Trinajstić information content (AvgIpc) is 3.42. The Balaban J connectivity index is 1.22. The van der Waals surface area contributed by atoms with Gasteiger partial charge in [-0.15, -0.1) is 10.2 Å². The Kier molecular flexibility index (Phi) is 8.02. The molecule has 2 aliphatic heterocycles. The molecule has 11 heteroatoms. The third kappa shape index (κ3) is 5.94. The molecule has 214 valence electrons. The number of anilines is 2. The van der Waals surface area contributed by atoms with Crippen LogP contribution in [0.5, 0.6) is 0 Å². The number of alkyl halides is 3. The topological polar surface area (TPSA) is 69.5 Å². The molecule has 2 fully saturated rings. The highest BCUT2D eigenvalue weighted by molar-refractivity contribution is 6.01. The third-order valence-electron chi connectivity index (χ3n) is 7.81. The number of para-hydroxylation sites is 1. The zero-order valence-electron chi connectivity index (χ0n) is 23.1. The first-order chi connectivity index (χ1) is 19.1. The maximum atomic E-state index is 13.3. The van der Waals surface area contributed by atoms with Crippen molar-refractivity contribution in [2.24, 2.45) is 0 Å². The van der Waals surface area contributed by atoms with Crippen molar-refractivity contribution in [3.05, 3.63) is 71.8 Å². The maximum absolute atomic E-state index is 13.3. The van der Waals surface area contributed by atoms with Crippen LogP contribution >= 0.6 is 0 Å². The van der Waals surface area contributed by atoms with Gasteiger partial charge in [0.1, 0.15) is 5.82 Å². The predicted molar refractivity (Wildman–Crippen MR) is 149 cm³/mol. The molecule has 2 atom stereocenters. The van der Waals surface area contributed by atoms with E-state index in [1.165, 1.54) is 12.1 Å². The van der Waals surface area contributed by atoms with Gasteiger partial charge in [-0.2, -0.15) is 13.2 Å². The molecule has 1 aromatic heterocycles. The molecule has 0 spiro atoms. The Morgan fingerprint density at radius 3 is 2.27 bits per heavy atom. The largest absolute Gasteiger partial charge is 0.416 e. The summed E-state index contributed by atoms with van der Waals surface area (Å²) in [4.78, 5) is 17.5. The van der Waals surface area contributed by atoms with E-state index in [9.17, 15) is 18.0 Å². The second kappa shape index (κ2) is 11.5. The molecule has 0 unspecified atom stereocenters. The van der Waals surface area contributed by atoms with E-state index < -0.39 is 11.7 Å². The number of aryl methyl sites for hydroxylation is 1. The van der Waals surface area contributed by atoms with Gasteiger partial charge in [-0.3, -0.25) is 9.80 Å². The molecule has 2 saturated heterocycles. The zero-order chi connectivity index (χ0) is 28.4.